The predicted octanol–water partition coefficient (Wildman–Crippen LogP) is -3.29. The molecule has 1 heterocycles. The molecule has 0 aliphatic rings. The second-order valence-electron chi connectivity index (χ2n) is 8.69. The largest absolute Gasteiger partial charge is 0.480 e. The normalized spacial score (nSPS) is 14.9. The van der Waals surface area contributed by atoms with Gasteiger partial charge in [0.15, 0.2) is 0 Å². The highest BCUT2D eigenvalue weighted by Gasteiger charge is 2.32. The van der Waals surface area contributed by atoms with Gasteiger partial charge < -0.3 is 48.3 Å². The lowest BCUT2D eigenvalue weighted by Crippen LogP contribution is -2.59. The summed E-state index contributed by atoms with van der Waals surface area (Å²) in [4.78, 5) is 75.9. The number of hydrogen-bond donors (Lipinski definition) is 9. The molecule has 5 atom stereocenters. The number of carbonyl (C=O) groups is 6. The van der Waals surface area contributed by atoms with Crippen LogP contribution in [-0.4, -0.2) is 81.0 Å². The summed E-state index contributed by atoms with van der Waals surface area (Å²) < 4.78 is 0. The van der Waals surface area contributed by atoms with Crippen molar-refractivity contribution in [2.45, 2.75) is 56.5 Å². The average Bonchev–Trinajstić information content (AvgIpc) is 3.24. The van der Waals surface area contributed by atoms with Crippen molar-refractivity contribution >= 4 is 46.4 Å². The second-order valence-corrected chi connectivity index (χ2v) is 8.69. The van der Waals surface area contributed by atoms with Crippen molar-refractivity contribution in [2.24, 2.45) is 17.2 Å². The number of benzene rings is 1. The molecule has 5 amide bonds. The van der Waals surface area contributed by atoms with Crippen molar-refractivity contribution in [3.05, 3.63) is 36.0 Å². The number of aliphatic carboxylic acids is 1. The summed E-state index contributed by atoms with van der Waals surface area (Å²) in [7, 11) is 0. The summed E-state index contributed by atoms with van der Waals surface area (Å²) in [5, 5.41) is 26.5. The Morgan fingerprint density at radius 3 is 1.87 bits per heavy atom. The molecule has 0 spiro atoms. The van der Waals surface area contributed by atoms with Gasteiger partial charge in [-0.25, -0.2) is 4.79 Å². The Hall–Kier alpha value is -4.50. The van der Waals surface area contributed by atoms with Gasteiger partial charge in [-0.2, -0.15) is 0 Å². The van der Waals surface area contributed by atoms with Gasteiger partial charge >= 0.3 is 5.97 Å². The molecular formula is C23H31N7O8. The van der Waals surface area contributed by atoms with E-state index in [0.29, 0.717) is 5.56 Å². The van der Waals surface area contributed by atoms with E-state index in [1.807, 2.05) is 0 Å². The number of nitrogens with two attached hydrogens (primary N) is 3. The molecule has 15 heteroatoms. The number of para-hydroxylation sites is 1. The molecule has 0 radical (unpaired) electrons. The number of aromatic nitrogens is 1. The van der Waals surface area contributed by atoms with Crippen LogP contribution < -0.4 is 33.2 Å². The number of rotatable bonds is 14. The lowest BCUT2D eigenvalue weighted by Gasteiger charge is -2.24. The molecule has 206 valence electrons. The van der Waals surface area contributed by atoms with Gasteiger partial charge in [0.05, 0.1) is 18.9 Å². The number of carboxylic acid groups (broad SMARTS) is 1. The predicted molar refractivity (Wildman–Crippen MR) is 133 cm³/mol. The summed E-state index contributed by atoms with van der Waals surface area (Å²) in [6, 6.07) is 0.972. The molecule has 2 aromatic rings. The van der Waals surface area contributed by atoms with Crippen molar-refractivity contribution in [3.63, 3.8) is 0 Å². The van der Waals surface area contributed by atoms with Crippen molar-refractivity contribution in [2.75, 3.05) is 0 Å². The van der Waals surface area contributed by atoms with E-state index < -0.39 is 78.6 Å². The molecule has 15 nitrogen and oxygen atoms in total. The highest BCUT2D eigenvalue weighted by atomic mass is 16.4. The van der Waals surface area contributed by atoms with Gasteiger partial charge in [0.25, 0.3) is 0 Å². The lowest BCUT2D eigenvalue weighted by molar-refractivity contribution is -0.142. The number of carbonyl (C=O) groups excluding carboxylic acids is 5. The fourth-order valence-corrected chi connectivity index (χ4v) is 3.57. The van der Waals surface area contributed by atoms with E-state index in [2.05, 4.69) is 20.9 Å². The lowest BCUT2D eigenvalue weighted by atomic mass is 10.0. The van der Waals surface area contributed by atoms with Crippen molar-refractivity contribution in [3.8, 4) is 0 Å². The van der Waals surface area contributed by atoms with Crippen LogP contribution in [0, 0.1) is 0 Å². The van der Waals surface area contributed by atoms with Crippen LogP contribution >= 0.6 is 0 Å². The molecular weight excluding hydrogens is 502 g/mol. The number of nitrogens with one attached hydrogen (secondary N) is 4. The molecule has 1 aromatic carbocycles. The summed E-state index contributed by atoms with van der Waals surface area (Å²) in [5.74, 6) is -6.49. The Balaban J connectivity index is 2.20. The Bertz CT molecular complexity index is 1210. The smallest absolute Gasteiger partial charge is 0.326 e. The van der Waals surface area contributed by atoms with Gasteiger partial charge in [-0.1, -0.05) is 18.2 Å². The highest BCUT2D eigenvalue weighted by Crippen LogP contribution is 2.19. The van der Waals surface area contributed by atoms with E-state index in [0.717, 1.165) is 10.9 Å². The molecule has 38 heavy (non-hydrogen) atoms. The monoisotopic (exact) mass is 533 g/mol. The topological polar surface area (TPSA) is 273 Å². The van der Waals surface area contributed by atoms with Crippen LogP contribution in [-0.2, 0) is 35.2 Å². The van der Waals surface area contributed by atoms with E-state index in [4.69, 9.17) is 17.2 Å². The SMILES string of the molecule is CC(O)C(N)C(=O)NC(CC(N)=O)C(=O)NC(CC(N)=O)C(=O)NC(Cc1c[nH]c2ccccc12)C(=O)O. The number of primary amides is 2. The third kappa shape index (κ3) is 8.28. The maximum atomic E-state index is 12.9. The molecule has 0 aliphatic carbocycles. The van der Waals surface area contributed by atoms with Gasteiger partial charge in [0.1, 0.15) is 24.2 Å². The van der Waals surface area contributed by atoms with Crippen LogP contribution in [0.5, 0.6) is 0 Å². The number of carboxylic acids is 1. The minimum Gasteiger partial charge on any atom is -0.480 e. The summed E-state index contributed by atoms with van der Waals surface area (Å²) in [6.07, 6.45) is -1.23. The number of H-pyrrole nitrogens is 1. The zero-order valence-electron chi connectivity index (χ0n) is 20.5. The first-order valence-electron chi connectivity index (χ1n) is 11.5. The number of aliphatic hydroxyl groups is 1. The van der Waals surface area contributed by atoms with E-state index in [1.54, 1.807) is 30.5 Å². The molecule has 1 aromatic heterocycles. The van der Waals surface area contributed by atoms with Crippen molar-refractivity contribution in [1.82, 2.24) is 20.9 Å². The van der Waals surface area contributed by atoms with Crippen LogP contribution in [0.15, 0.2) is 30.5 Å². The number of amides is 5. The van der Waals surface area contributed by atoms with Gasteiger partial charge in [-0.05, 0) is 18.6 Å². The zero-order chi connectivity index (χ0) is 28.6. The fraction of sp³-hybridized carbons (Fsp3) is 0.391. The number of hydrogen-bond acceptors (Lipinski definition) is 8. The number of fused-ring (bicyclic) bond motifs is 1. The molecule has 0 bridgehead atoms. The Labute approximate surface area is 216 Å². The van der Waals surface area contributed by atoms with Gasteiger partial charge in [-0.15, -0.1) is 0 Å². The van der Waals surface area contributed by atoms with Crippen molar-refractivity contribution < 1.29 is 39.0 Å². The molecule has 2 rings (SSSR count). The molecule has 0 saturated heterocycles. The zero-order valence-corrected chi connectivity index (χ0v) is 20.5. The van der Waals surface area contributed by atoms with E-state index >= 15 is 0 Å². The van der Waals surface area contributed by atoms with Crippen LogP contribution in [0.1, 0.15) is 25.3 Å². The van der Waals surface area contributed by atoms with E-state index in [9.17, 15) is 39.0 Å². The van der Waals surface area contributed by atoms with Crippen LogP contribution in [0.25, 0.3) is 10.9 Å². The third-order valence-electron chi connectivity index (χ3n) is 5.61. The quantitative estimate of drug-likeness (QED) is 0.117. The average molecular weight is 534 g/mol. The first kappa shape index (κ1) is 29.7. The highest BCUT2D eigenvalue weighted by molar-refractivity contribution is 5.97. The molecule has 0 saturated carbocycles. The molecule has 12 N–H and O–H groups in total. The fourth-order valence-electron chi connectivity index (χ4n) is 3.57. The number of aliphatic hydroxyl groups excluding tert-OH is 1. The molecule has 0 fully saturated rings. The number of aromatic amines is 1. The second kappa shape index (κ2) is 13.2. The summed E-state index contributed by atoms with van der Waals surface area (Å²) >= 11 is 0. The van der Waals surface area contributed by atoms with E-state index in [-0.39, 0.29) is 6.42 Å². The van der Waals surface area contributed by atoms with Crippen molar-refractivity contribution in [1.29, 1.82) is 0 Å². The first-order chi connectivity index (χ1) is 17.8. The minimum atomic E-state index is -1.65. The minimum absolute atomic E-state index is 0.125. The summed E-state index contributed by atoms with van der Waals surface area (Å²) in [5.41, 5.74) is 17.2. The third-order valence-corrected chi connectivity index (χ3v) is 5.61. The standard InChI is InChI=1S/C23H31N7O8/c1-10(31)19(26)22(36)29-15(8-18(25)33)20(34)28-14(7-17(24)32)21(35)30-16(23(37)38)6-11-9-27-13-5-3-2-4-12(11)13/h2-5,9-10,14-16,19,27,31H,6-8,26H2,1H3,(H2,24,32)(H2,25,33)(H,28,34)(H,29,36)(H,30,35)(H,37,38). The van der Waals surface area contributed by atoms with Gasteiger partial charge in [-0.3, -0.25) is 24.0 Å². The van der Waals surface area contributed by atoms with Gasteiger partial charge in [0, 0.05) is 23.5 Å². The van der Waals surface area contributed by atoms with Crippen LogP contribution in [0.3, 0.4) is 0 Å². The Morgan fingerprint density at radius 2 is 1.37 bits per heavy atom. The maximum absolute atomic E-state index is 12.9. The first-order valence-corrected chi connectivity index (χ1v) is 11.5. The molecule has 5 unspecified atom stereocenters. The van der Waals surface area contributed by atoms with Crippen LogP contribution in [0.4, 0.5) is 0 Å². The van der Waals surface area contributed by atoms with E-state index in [1.165, 1.54) is 6.92 Å². The summed E-state index contributed by atoms with van der Waals surface area (Å²) in [6.45, 7) is 1.23. The Kier molecular flexibility index (Phi) is 10.3. The van der Waals surface area contributed by atoms with Crippen LogP contribution in [0.2, 0.25) is 0 Å². The molecule has 0 aliphatic heterocycles. The Morgan fingerprint density at radius 1 is 0.868 bits per heavy atom. The van der Waals surface area contributed by atoms with Gasteiger partial charge in [0.2, 0.25) is 29.5 Å². The maximum Gasteiger partial charge on any atom is 0.326 e.